The molecular formula is C14H21BrN2. The van der Waals surface area contributed by atoms with Gasteiger partial charge in [-0.1, -0.05) is 40.5 Å². The summed E-state index contributed by atoms with van der Waals surface area (Å²) in [5.41, 5.74) is 7.35. The molecule has 1 aromatic rings. The first-order valence-electron chi connectivity index (χ1n) is 6.43. The summed E-state index contributed by atoms with van der Waals surface area (Å²) < 4.78 is 1.18. The van der Waals surface area contributed by atoms with Crippen LogP contribution in [0.5, 0.6) is 0 Å². The predicted octanol–water partition coefficient (Wildman–Crippen LogP) is 3.37. The van der Waals surface area contributed by atoms with Crippen molar-refractivity contribution in [3.63, 3.8) is 0 Å². The molecule has 3 N–H and O–H groups in total. The number of nitrogens with two attached hydrogens (primary N) is 1. The Hall–Kier alpha value is -0.380. The molecule has 3 atom stereocenters. The van der Waals surface area contributed by atoms with Crippen LogP contribution < -0.4 is 11.1 Å². The number of nitrogens with one attached hydrogen (secondary N) is 1. The van der Waals surface area contributed by atoms with Crippen LogP contribution in [-0.2, 0) is 0 Å². The van der Waals surface area contributed by atoms with E-state index in [9.17, 15) is 0 Å². The molecule has 2 rings (SSSR count). The van der Waals surface area contributed by atoms with Gasteiger partial charge in [-0.2, -0.15) is 0 Å². The summed E-state index contributed by atoms with van der Waals surface area (Å²) in [4.78, 5) is 0. The predicted molar refractivity (Wildman–Crippen MR) is 75.9 cm³/mol. The van der Waals surface area contributed by atoms with Gasteiger partial charge in [0.05, 0.1) is 0 Å². The van der Waals surface area contributed by atoms with Gasteiger partial charge in [-0.3, -0.25) is 0 Å². The van der Waals surface area contributed by atoms with Crippen molar-refractivity contribution in [3.8, 4) is 0 Å². The first kappa shape index (κ1) is 13.1. The summed E-state index contributed by atoms with van der Waals surface area (Å²) in [6.45, 7) is 2.22. The maximum atomic E-state index is 6.02. The highest BCUT2D eigenvalue weighted by Crippen LogP contribution is 2.25. The second kappa shape index (κ2) is 5.98. The molecule has 0 amide bonds. The van der Waals surface area contributed by atoms with Gasteiger partial charge < -0.3 is 11.1 Å². The van der Waals surface area contributed by atoms with Crippen LogP contribution in [0.2, 0.25) is 0 Å². The second-order valence-corrected chi connectivity index (χ2v) is 5.89. The summed E-state index contributed by atoms with van der Waals surface area (Å²) in [5, 5.41) is 3.70. The largest absolute Gasteiger partial charge is 0.328 e. The highest BCUT2D eigenvalue weighted by molar-refractivity contribution is 9.10. The Morgan fingerprint density at radius 3 is 2.82 bits per heavy atom. The molecule has 0 radical (unpaired) electrons. The maximum absolute atomic E-state index is 6.02. The minimum absolute atomic E-state index is 0.376. The molecule has 1 aliphatic carbocycles. The normalized spacial score (nSPS) is 26.8. The quantitative estimate of drug-likeness (QED) is 0.897. The molecule has 0 spiro atoms. The molecule has 3 heteroatoms. The van der Waals surface area contributed by atoms with Crippen LogP contribution in [0.1, 0.15) is 44.2 Å². The fraction of sp³-hybridized carbons (Fsp3) is 0.571. The van der Waals surface area contributed by atoms with E-state index in [4.69, 9.17) is 5.73 Å². The third kappa shape index (κ3) is 3.54. The van der Waals surface area contributed by atoms with Gasteiger partial charge in [0, 0.05) is 22.6 Å². The molecule has 0 heterocycles. The van der Waals surface area contributed by atoms with Crippen LogP contribution in [0.25, 0.3) is 0 Å². The summed E-state index contributed by atoms with van der Waals surface area (Å²) in [5.74, 6) is 0. The van der Waals surface area contributed by atoms with Gasteiger partial charge in [0.25, 0.3) is 0 Å². The minimum Gasteiger partial charge on any atom is -0.328 e. The highest BCUT2D eigenvalue weighted by atomic mass is 79.9. The van der Waals surface area contributed by atoms with Crippen LogP contribution >= 0.6 is 15.9 Å². The van der Waals surface area contributed by atoms with Crippen LogP contribution in [0, 0.1) is 0 Å². The zero-order valence-corrected chi connectivity index (χ0v) is 11.9. The molecule has 3 unspecified atom stereocenters. The zero-order chi connectivity index (χ0) is 12.3. The number of benzene rings is 1. The average Bonchev–Trinajstić information content (AvgIpc) is 2.29. The lowest BCUT2D eigenvalue weighted by Crippen LogP contribution is -2.40. The number of halogens is 1. The molecule has 0 bridgehead atoms. The van der Waals surface area contributed by atoms with Crippen LogP contribution in [0.3, 0.4) is 0 Å². The van der Waals surface area contributed by atoms with Gasteiger partial charge in [0.2, 0.25) is 0 Å². The standard InChI is InChI=1S/C14H21BrN2/c1-10(13-7-2-3-8-14(13)15)17-12-6-4-5-11(16)9-12/h2-3,7-8,10-12,17H,4-6,9,16H2,1H3. The van der Waals surface area contributed by atoms with E-state index in [0.717, 1.165) is 6.42 Å². The number of hydrogen-bond donors (Lipinski definition) is 2. The SMILES string of the molecule is CC(NC1CCCC(N)C1)c1ccccc1Br. The van der Waals surface area contributed by atoms with Gasteiger partial charge in [0.1, 0.15) is 0 Å². The van der Waals surface area contributed by atoms with Crippen molar-refractivity contribution in [2.45, 2.75) is 50.7 Å². The first-order chi connectivity index (χ1) is 8.16. The Balaban J connectivity index is 1.97. The molecule has 2 nitrogen and oxygen atoms in total. The molecular weight excluding hydrogens is 276 g/mol. The monoisotopic (exact) mass is 296 g/mol. The van der Waals surface area contributed by atoms with E-state index in [-0.39, 0.29) is 0 Å². The molecule has 1 fully saturated rings. The Morgan fingerprint density at radius 1 is 1.35 bits per heavy atom. The van der Waals surface area contributed by atoms with E-state index in [0.29, 0.717) is 18.1 Å². The van der Waals surface area contributed by atoms with Crippen molar-refractivity contribution >= 4 is 15.9 Å². The Labute approximate surface area is 112 Å². The van der Waals surface area contributed by atoms with E-state index in [1.807, 2.05) is 0 Å². The van der Waals surface area contributed by atoms with Crippen LogP contribution in [0.4, 0.5) is 0 Å². The lowest BCUT2D eigenvalue weighted by molar-refractivity contribution is 0.318. The molecule has 0 aliphatic heterocycles. The van der Waals surface area contributed by atoms with E-state index in [1.54, 1.807) is 0 Å². The number of rotatable bonds is 3. The Bertz CT molecular complexity index is 367. The third-order valence-electron chi connectivity index (χ3n) is 3.57. The van der Waals surface area contributed by atoms with Crippen molar-refractivity contribution in [2.24, 2.45) is 5.73 Å². The van der Waals surface area contributed by atoms with Crippen molar-refractivity contribution in [3.05, 3.63) is 34.3 Å². The van der Waals surface area contributed by atoms with E-state index in [1.165, 1.54) is 29.3 Å². The maximum Gasteiger partial charge on any atom is 0.0305 e. The first-order valence-corrected chi connectivity index (χ1v) is 7.22. The zero-order valence-electron chi connectivity index (χ0n) is 10.3. The Morgan fingerprint density at radius 2 is 2.12 bits per heavy atom. The average molecular weight is 297 g/mol. The lowest BCUT2D eigenvalue weighted by Gasteiger charge is -2.30. The minimum atomic E-state index is 0.376. The molecule has 17 heavy (non-hydrogen) atoms. The van der Waals surface area contributed by atoms with E-state index >= 15 is 0 Å². The summed E-state index contributed by atoms with van der Waals surface area (Å²) in [6.07, 6.45) is 4.79. The van der Waals surface area contributed by atoms with Crippen LogP contribution in [0.15, 0.2) is 28.7 Å². The third-order valence-corrected chi connectivity index (χ3v) is 4.29. The summed E-state index contributed by atoms with van der Waals surface area (Å²) in [6, 6.07) is 9.74. The molecule has 1 aromatic carbocycles. The molecule has 1 saturated carbocycles. The highest BCUT2D eigenvalue weighted by Gasteiger charge is 2.21. The molecule has 0 saturated heterocycles. The van der Waals surface area contributed by atoms with Gasteiger partial charge in [-0.25, -0.2) is 0 Å². The van der Waals surface area contributed by atoms with Gasteiger partial charge in [-0.05, 0) is 37.8 Å². The fourth-order valence-electron chi connectivity index (χ4n) is 2.65. The van der Waals surface area contributed by atoms with E-state index < -0.39 is 0 Å². The van der Waals surface area contributed by atoms with E-state index in [2.05, 4.69) is 52.4 Å². The van der Waals surface area contributed by atoms with Gasteiger partial charge in [-0.15, -0.1) is 0 Å². The van der Waals surface area contributed by atoms with Gasteiger partial charge in [0.15, 0.2) is 0 Å². The summed E-state index contributed by atoms with van der Waals surface area (Å²) >= 11 is 3.61. The van der Waals surface area contributed by atoms with Crippen molar-refractivity contribution in [2.75, 3.05) is 0 Å². The Kier molecular flexibility index (Phi) is 4.60. The second-order valence-electron chi connectivity index (χ2n) is 5.03. The van der Waals surface area contributed by atoms with Gasteiger partial charge >= 0.3 is 0 Å². The molecule has 0 aromatic heterocycles. The smallest absolute Gasteiger partial charge is 0.0305 e. The molecule has 1 aliphatic rings. The van der Waals surface area contributed by atoms with Crippen LogP contribution in [-0.4, -0.2) is 12.1 Å². The van der Waals surface area contributed by atoms with Crippen molar-refractivity contribution in [1.82, 2.24) is 5.32 Å². The topological polar surface area (TPSA) is 38.0 Å². The lowest BCUT2D eigenvalue weighted by atomic mass is 9.91. The number of hydrogen-bond acceptors (Lipinski definition) is 2. The molecule has 94 valence electrons. The van der Waals surface area contributed by atoms with Crippen molar-refractivity contribution < 1.29 is 0 Å². The summed E-state index contributed by atoms with van der Waals surface area (Å²) in [7, 11) is 0. The fourth-order valence-corrected chi connectivity index (χ4v) is 3.28. The van der Waals surface area contributed by atoms with Crippen molar-refractivity contribution in [1.29, 1.82) is 0 Å².